The third-order valence-electron chi connectivity index (χ3n) is 6.40. The van der Waals surface area contributed by atoms with E-state index in [1.807, 2.05) is 0 Å². The molecule has 9 nitrogen and oxygen atoms in total. The SMILES string of the molecule is COc1ccc(C(NC(=O)c2cc(F)c3cnc(NC4CCOCC4)nc3c2)c2cncn2C)cc1F. The number of fused-ring (bicyclic) bond motifs is 1. The second kappa shape index (κ2) is 10.5. The molecule has 1 unspecified atom stereocenters. The first kappa shape index (κ1) is 24.6. The Balaban J connectivity index is 1.45. The molecular weight excluding hydrogens is 482 g/mol. The number of ether oxygens (including phenoxy) is 2. The highest BCUT2D eigenvalue weighted by molar-refractivity contribution is 5.98. The van der Waals surface area contributed by atoms with Crippen LogP contribution in [0.2, 0.25) is 0 Å². The molecule has 3 heterocycles. The Kier molecular flexibility index (Phi) is 6.95. The maximum Gasteiger partial charge on any atom is 0.252 e. The van der Waals surface area contributed by atoms with Gasteiger partial charge in [-0.1, -0.05) is 6.07 Å². The van der Waals surface area contributed by atoms with Gasteiger partial charge in [-0.05, 0) is 42.7 Å². The highest BCUT2D eigenvalue weighted by atomic mass is 19.1. The van der Waals surface area contributed by atoms with Crippen molar-refractivity contribution >= 4 is 22.8 Å². The fourth-order valence-electron chi connectivity index (χ4n) is 4.37. The molecular formula is C26H26F2N6O3. The van der Waals surface area contributed by atoms with Gasteiger partial charge < -0.3 is 24.7 Å². The van der Waals surface area contributed by atoms with Crippen molar-refractivity contribution in [2.45, 2.75) is 24.9 Å². The first-order valence-electron chi connectivity index (χ1n) is 11.8. The van der Waals surface area contributed by atoms with Gasteiger partial charge in [0.1, 0.15) is 5.82 Å². The van der Waals surface area contributed by atoms with Gasteiger partial charge in [-0.3, -0.25) is 4.79 Å². The average molecular weight is 509 g/mol. The largest absolute Gasteiger partial charge is 0.494 e. The minimum atomic E-state index is -0.754. The summed E-state index contributed by atoms with van der Waals surface area (Å²) >= 11 is 0. The number of hydrogen-bond donors (Lipinski definition) is 2. The van der Waals surface area contributed by atoms with Crippen molar-refractivity contribution in [3.63, 3.8) is 0 Å². The van der Waals surface area contributed by atoms with Crippen LogP contribution < -0.4 is 15.4 Å². The summed E-state index contributed by atoms with van der Waals surface area (Å²) < 4.78 is 41.6. The summed E-state index contributed by atoms with van der Waals surface area (Å²) in [6.07, 6.45) is 6.20. The van der Waals surface area contributed by atoms with Gasteiger partial charge in [-0.15, -0.1) is 0 Å². The van der Waals surface area contributed by atoms with Gasteiger partial charge in [-0.2, -0.15) is 0 Å². The number of amides is 1. The van der Waals surface area contributed by atoms with E-state index in [1.165, 1.54) is 31.5 Å². The lowest BCUT2D eigenvalue weighted by atomic mass is 10.0. The number of methoxy groups -OCH3 is 1. The predicted molar refractivity (Wildman–Crippen MR) is 132 cm³/mol. The lowest BCUT2D eigenvalue weighted by molar-refractivity contribution is 0.0903. The molecule has 37 heavy (non-hydrogen) atoms. The quantitative estimate of drug-likeness (QED) is 0.392. The van der Waals surface area contributed by atoms with Gasteiger partial charge in [0.2, 0.25) is 5.95 Å². The number of halogens is 2. The monoisotopic (exact) mass is 508 g/mol. The fourth-order valence-corrected chi connectivity index (χ4v) is 4.37. The van der Waals surface area contributed by atoms with Crippen molar-refractivity contribution < 1.29 is 23.0 Å². The summed E-state index contributed by atoms with van der Waals surface area (Å²) in [6.45, 7) is 1.31. The predicted octanol–water partition coefficient (Wildman–Crippen LogP) is 3.76. The number of carbonyl (C=O) groups excluding carboxylic acids is 1. The Morgan fingerprint density at radius 2 is 1.97 bits per heavy atom. The van der Waals surface area contributed by atoms with Gasteiger partial charge in [0, 0.05) is 38.1 Å². The standard InChI is InChI=1S/C26H26F2N6O3/c1-34-14-29-13-22(34)24(15-3-4-23(36-2)20(28)9-15)33-25(35)16-10-19(27)18-12-30-26(32-21(18)11-16)31-17-5-7-37-8-6-17/h3-4,9-14,17,24H,5-8H2,1-2H3,(H,33,35)(H,30,31,32). The van der Waals surface area contributed by atoms with Crippen LogP contribution in [0.1, 0.15) is 40.5 Å². The van der Waals surface area contributed by atoms with Crippen LogP contribution in [0.25, 0.3) is 10.9 Å². The molecule has 0 bridgehead atoms. The number of carbonyl (C=O) groups is 1. The normalized spacial score (nSPS) is 14.9. The number of nitrogens with zero attached hydrogens (tertiary/aromatic N) is 4. The molecule has 1 fully saturated rings. The molecule has 1 amide bonds. The molecule has 0 spiro atoms. The zero-order valence-corrected chi connectivity index (χ0v) is 20.4. The number of hydrogen-bond acceptors (Lipinski definition) is 7. The fraction of sp³-hybridized carbons (Fsp3) is 0.308. The van der Waals surface area contributed by atoms with E-state index in [2.05, 4.69) is 25.6 Å². The number of nitrogens with one attached hydrogen (secondary N) is 2. The van der Waals surface area contributed by atoms with E-state index in [0.717, 1.165) is 18.9 Å². The number of imidazole rings is 1. The molecule has 5 rings (SSSR count). The van der Waals surface area contributed by atoms with Crippen molar-refractivity contribution in [3.05, 3.63) is 77.5 Å². The van der Waals surface area contributed by atoms with Crippen molar-refractivity contribution in [1.82, 2.24) is 24.8 Å². The van der Waals surface area contributed by atoms with Gasteiger partial charge >= 0.3 is 0 Å². The smallest absolute Gasteiger partial charge is 0.252 e. The zero-order valence-electron chi connectivity index (χ0n) is 20.4. The van der Waals surface area contributed by atoms with E-state index >= 15 is 0 Å². The molecule has 11 heteroatoms. The molecule has 1 saturated heterocycles. The van der Waals surface area contributed by atoms with Crippen LogP contribution in [0.3, 0.4) is 0 Å². The van der Waals surface area contributed by atoms with E-state index in [1.54, 1.807) is 30.2 Å². The molecule has 2 aromatic heterocycles. The topological polar surface area (TPSA) is 103 Å². The second-order valence-corrected chi connectivity index (χ2v) is 8.85. The van der Waals surface area contributed by atoms with Crippen molar-refractivity contribution in [1.29, 1.82) is 0 Å². The molecule has 1 atom stereocenters. The first-order chi connectivity index (χ1) is 17.9. The van der Waals surface area contributed by atoms with E-state index in [9.17, 15) is 13.6 Å². The van der Waals surface area contributed by atoms with Gasteiger partial charge in [0.15, 0.2) is 11.6 Å². The van der Waals surface area contributed by atoms with Crippen molar-refractivity contribution in [2.24, 2.45) is 7.05 Å². The number of aryl methyl sites for hydroxylation is 1. The molecule has 1 aliphatic heterocycles. The van der Waals surface area contributed by atoms with E-state index in [4.69, 9.17) is 9.47 Å². The van der Waals surface area contributed by atoms with Crippen LogP contribution in [0.5, 0.6) is 5.75 Å². The van der Waals surface area contributed by atoms with Crippen LogP contribution in [-0.4, -0.2) is 51.8 Å². The lowest BCUT2D eigenvalue weighted by Crippen LogP contribution is -2.30. The molecule has 4 aromatic rings. The first-order valence-corrected chi connectivity index (χ1v) is 11.8. The highest BCUT2D eigenvalue weighted by Crippen LogP contribution is 2.27. The molecule has 192 valence electrons. The van der Waals surface area contributed by atoms with E-state index < -0.39 is 23.6 Å². The maximum absolute atomic E-state index is 15.0. The summed E-state index contributed by atoms with van der Waals surface area (Å²) in [5, 5.41) is 6.34. The molecule has 2 aromatic carbocycles. The molecule has 1 aliphatic rings. The maximum atomic E-state index is 15.0. The Morgan fingerprint density at radius 1 is 1.16 bits per heavy atom. The van der Waals surface area contributed by atoms with Crippen LogP contribution in [-0.2, 0) is 11.8 Å². The summed E-state index contributed by atoms with van der Waals surface area (Å²) in [5.74, 6) is -1.30. The number of aromatic nitrogens is 4. The Hall–Kier alpha value is -4.12. The number of rotatable bonds is 7. The van der Waals surface area contributed by atoms with Crippen molar-refractivity contribution in [3.8, 4) is 5.75 Å². The summed E-state index contributed by atoms with van der Waals surface area (Å²) in [7, 11) is 3.14. The molecule has 0 aliphatic carbocycles. The van der Waals surface area contributed by atoms with Gasteiger partial charge in [0.05, 0.1) is 42.3 Å². The minimum Gasteiger partial charge on any atom is -0.494 e. The average Bonchev–Trinajstić information content (AvgIpc) is 3.32. The van der Waals surface area contributed by atoms with Crippen molar-refractivity contribution in [2.75, 3.05) is 25.6 Å². The minimum absolute atomic E-state index is 0.0712. The van der Waals surface area contributed by atoms with Gasteiger partial charge in [0.25, 0.3) is 5.91 Å². The second-order valence-electron chi connectivity index (χ2n) is 8.85. The van der Waals surface area contributed by atoms with Gasteiger partial charge in [-0.25, -0.2) is 23.7 Å². The highest BCUT2D eigenvalue weighted by Gasteiger charge is 2.23. The van der Waals surface area contributed by atoms with Crippen LogP contribution in [0, 0.1) is 11.6 Å². The summed E-state index contributed by atoms with van der Waals surface area (Å²) in [4.78, 5) is 26.1. The molecule has 0 saturated carbocycles. The molecule has 2 N–H and O–H groups in total. The third-order valence-corrected chi connectivity index (χ3v) is 6.40. The van der Waals surface area contributed by atoms with E-state index in [0.29, 0.717) is 35.9 Å². The zero-order chi connectivity index (χ0) is 25.9. The Bertz CT molecular complexity index is 1440. The summed E-state index contributed by atoms with van der Waals surface area (Å²) in [6, 6.07) is 6.49. The van der Waals surface area contributed by atoms with E-state index in [-0.39, 0.29) is 22.7 Å². The molecule has 0 radical (unpaired) electrons. The number of anilines is 1. The third kappa shape index (κ3) is 5.21. The lowest BCUT2D eigenvalue weighted by Gasteiger charge is -2.23. The number of benzene rings is 2. The van der Waals surface area contributed by atoms with Crippen LogP contribution in [0.15, 0.2) is 49.1 Å². The Morgan fingerprint density at radius 3 is 2.68 bits per heavy atom. The van der Waals surface area contributed by atoms with Crippen LogP contribution in [0.4, 0.5) is 14.7 Å². The Labute approximate surface area is 211 Å². The van der Waals surface area contributed by atoms with Crippen LogP contribution >= 0.6 is 0 Å². The summed E-state index contributed by atoms with van der Waals surface area (Å²) in [5.41, 5.74) is 1.45.